The summed E-state index contributed by atoms with van der Waals surface area (Å²) in [6, 6.07) is 8.17. The van der Waals surface area contributed by atoms with E-state index in [1.165, 1.54) is 0 Å². The lowest BCUT2D eigenvalue weighted by molar-refractivity contribution is -0.120. The first kappa shape index (κ1) is 24.6. The van der Waals surface area contributed by atoms with Crippen molar-refractivity contribution < 1.29 is 19.1 Å². The molecule has 3 fully saturated rings. The molecule has 4 amide bonds. The van der Waals surface area contributed by atoms with Crippen molar-refractivity contribution >= 4 is 34.6 Å². The summed E-state index contributed by atoms with van der Waals surface area (Å²) < 4.78 is 7.87. The fraction of sp³-hybridized carbons (Fsp3) is 0.593. The summed E-state index contributed by atoms with van der Waals surface area (Å²) >= 11 is 0. The Morgan fingerprint density at radius 3 is 2.56 bits per heavy atom. The zero-order valence-electron chi connectivity index (χ0n) is 21.5. The molecule has 36 heavy (non-hydrogen) atoms. The van der Waals surface area contributed by atoms with E-state index in [-0.39, 0.29) is 18.0 Å². The minimum atomic E-state index is -0.457. The number of nitrogens with zero attached hydrogens (tertiary/aromatic N) is 4. The predicted molar refractivity (Wildman–Crippen MR) is 138 cm³/mol. The van der Waals surface area contributed by atoms with Crippen LogP contribution in [0.2, 0.25) is 0 Å². The molecule has 194 valence electrons. The molecule has 0 unspecified atom stereocenters. The predicted octanol–water partition coefficient (Wildman–Crippen LogP) is 3.98. The van der Waals surface area contributed by atoms with Crippen molar-refractivity contribution in [2.24, 2.45) is 5.92 Å². The quantitative estimate of drug-likeness (QED) is 0.693. The van der Waals surface area contributed by atoms with Crippen LogP contribution in [0.5, 0.6) is 0 Å². The van der Waals surface area contributed by atoms with E-state index in [0.29, 0.717) is 24.9 Å². The molecule has 3 saturated heterocycles. The van der Waals surface area contributed by atoms with Gasteiger partial charge in [-0.2, -0.15) is 0 Å². The fourth-order valence-electron chi connectivity index (χ4n) is 5.71. The van der Waals surface area contributed by atoms with Gasteiger partial charge in [0.15, 0.2) is 0 Å². The Morgan fingerprint density at radius 1 is 1.06 bits per heavy atom. The number of likely N-dealkylation sites (tertiary alicyclic amines) is 2. The van der Waals surface area contributed by atoms with Crippen molar-refractivity contribution in [3.63, 3.8) is 0 Å². The van der Waals surface area contributed by atoms with E-state index in [1.54, 1.807) is 4.90 Å². The summed E-state index contributed by atoms with van der Waals surface area (Å²) in [5.74, 6) is 0.373. The zero-order valence-corrected chi connectivity index (χ0v) is 21.5. The van der Waals surface area contributed by atoms with Crippen molar-refractivity contribution in [1.29, 1.82) is 0 Å². The largest absolute Gasteiger partial charge is 0.444 e. The number of fused-ring (bicyclic) bond motifs is 1. The van der Waals surface area contributed by atoms with E-state index in [9.17, 15) is 14.4 Å². The summed E-state index contributed by atoms with van der Waals surface area (Å²) in [6.07, 6.45) is 5.36. The normalized spacial score (nSPS) is 22.4. The molecule has 0 aliphatic carbocycles. The van der Waals surface area contributed by atoms with E-state index in [2.05, 4.69) is 33.1 Å². The number of hydrogen-bond donors (Lipinski definition) is 1. The van der Waals surface area contributed by atoms with Gasteiger partial charge in [-0.15, -0.1) is 0 Å². The number of benzene rings is 1. The first-order chi connectivity index (χ1) is 17.2. The molecule has 0 saturated carbocycles. The fourth-order valence-corrected chi connectivity index (χ4v) is 5.71. The number of urea groups is 1. The van der Waals surface area contributed by atoms with Crippen LogP contribution < -0.4 is 10.2 Å². The molecule has 1 aromatic heterocycles. The molecule has 9 nitrogen and oxygen atoms in total. The van der Waals surface area contributed by atoms with Gasteiger partial charge >= 0.3 is 12.1 Å². The number of hydrogen-bond acceptors (Lipinski definition) is 5. The van der Waals surface area contributed by atoms with Gasteiger partial charge in [-0.3, -0.25) is 15.0 Å². The Balaban J connectivity index is 1.19. The summed E-state index contributed by atoms with van der Waals surface area (Å²) in [5, 5.41) is 3.46. The minimum Gasteiger partial charge on any atom is -0.444 e. The van der Waals surface area contributed by atoms with E-state index in [0.717, 1.165) is 68.6 Å². The third-order valence-corrected chi connectivity index (χ3v) is 7.51. The highest BCUT2D eigenvalue weighted by atomic mass is 16.6. The van der Waals surface area contributed by atoms with Crippen LogP contribution in [0.4, 0.5) is 15.3 Å². The second kappa shape index (κ2) is 9.76. The van der Waals surface area contributed by atoms with Gasteiger partial charge in [0.05, 0.1) is 11.2 Å². The summed E-state index contributed by atoms with van der Waals surface area (Å²) in [5.41, 5.74) is 1.51. The molecule has 9 heteroatoms. The van der Waals surface area contributed by atoms with E-state index < -0.39 is 5.60 Å². The first-order valence-electron chi connectivity index (χ1n) is 13.1. The van der Waals surface area contributed by atoms with Gasteiger partial charge in [-0.25, -0.2) is 9.59 Å². The molecule has 3 aliphatic heterocycles. The van der Waals surface area contributed by atoms with Crippen molar-refractivity contribution in [2.75, 3.05) is 44.2 Å². The molecular weight excluding hydrogens is 458 g/mol. The molecule has 0 spiro atoms. The number of amides is 4. The van der Waals surface area contributed by atoms with Crippen LogP contribution in [0.3, 0.4) is 0 Å². The van der Waals surface area contributed by atoms with Crippen LogP contribution >= 0.6 is 0 Å². The molecule has 2 aromatic rings. The van der Waals surface area contributed by atoms with Crippen LogP contribution in [-0.2, 0) is 9.53 Å². The molecule has 4 heterocycles. The van der Waals surface area contributed by atoms with Gasteiger partial charge in [-0.1, -0.05) is 6.07 Å². The topological polar surface area (TPSA) is 87.1 Å². The molecule has 1 N–H and O–H groups in total. The number of carbonyl (C=O) groups is 3. The van der Waals surface area contributed by atoms with Crippen molar-refractivity contribution in [1.82, 2.24) is 19.7 Å². The smallest absolute Gasteiger partial charge is 0.410 e. The van der Waals surface area contributed by atoms with Crippen molar-refractivity contribution in [2.45, 2.75) is 58.1 Å². The number of imide groups is 1. The Morgan fingerprint density at radius 2 is 1.83 bits per heavy atom. The van der Waals surface area contributed by atoms with Gasteiger partial charge in [-0.05, 0) is 64.2 Å². The molecule has 1 aromatic carbocycles. The Kier molecular flexibility index (Phi) is 6.68. The van der Waals surface area contributed by atoms with Crippen LogP contribution in [0.15, 0.2) is 30.5 Å². The highest BCUT2D eigenvalue weighted by Gasteiger charge is 2.31. The van der Waals surface area contributed by atoms with E-state index in [1.807, 2.05) is 37.8 Å². The average molecular weight is 496 g/mol. The van der Waals surface area contributed by atoms with Gasteiger partial charge in [0.1, 0.15) is 5.60 Å². The van der Waals surface area contributed by atoms with Crippen molar-refractivity contribution in [3.05, 3.63) is 30.5 Å². The Hall–Kier alpha value is -3.07. The van der Waals surface area contributed by atoms with Gasteiger partial charge < -0.3 is 19.1 Å². The van der Waals surface area contributed by atoms with E-state index in [4.69, 9.17) is 4.74 Å². The van der Waals surface area contributed by atoms with Gasteiger partial charge in [0, 0.05) is 63.3 Å². The van der Waals surface area contributed by atoms with Gasteiger partial charge in [0.25, 0.3) is 0 Å². The molecule has 1 atom stereocenters. The average Bonchev–Trinajstić information content (AvgIpc) is 3.45. The lowest BCUT2D eigenvalue weighted by atomic mass is 9.96. The molecule has 0 bridgehead atoms. The Labute approximate surface area is 212 Å². The SMILES string of the molecule is CC(C)(C)OC(=O)N1CCC(CN2CC[C@H](n3ccc4c(N5CCC(=O)NC5=O)cccc43)C2)CC1. The highest BCUT2D eigenvalue weighted by molar-refractivity contribution is 6.09. The Bertz CT molecular complexity index is 1140. The van der Waals surface area contributed by atoms with Crippen LogP contribution in [0.1, 0.15) is 52.5 Å². The third kappa shape index (κ3) is 5.21. The van der Waals surface area contributed by atoms with E-state index >= 15 is 0 Å². The number of aromatic nitrogens is 1. The second-order valence-corrected chi connectivity index (χ2v) is 11.3. The molecular formula is C27H37N5O4. The molecule has 0 radical (unpaired) electrons. The van der Waals surface area contributed by atoms with Gasteiger partial charge in [0.2, 0.25) is 5.91 Å². The van der Waals surface area contributed by atoms with Crippen LogP contribution in [0.25, 0.3) is 10.9 Å². The number of piperidine rings is 1. The van der Waals surface area contributed by atoms with Crippen LogP contribution in [0, 0.1) is 5.92 Å². The number of rotatable bonds is 4. The molecule has 3 aliphatic rings. The summed E-state index contributed by atoms with van der Waals surface area (Å²) in [6.45, 7) is 10.8. The van der Waals surface area contributed by atoms with Crippen molar-refractivity contribution in [3.8, 4) is 0 Å². The van der Waals surface area contributed by atoms with Crippen LogP contribution in [-0.4, -0.2) is 77.3 Å². The second-order valence-electron chi connectivity index (χ2n) is 11.3. The minimum absolute atomic E-state index is 0.199. The monoisotopic (exact) mass is 495 g/mol. The maximum Gasteiger partial charge on any atom is 0.410 e. The lowest BCUT2D eigenvalue weighted by Gasteiger charge is -2.34. The number of ether oxygens (including phenoxy) is 1. The number of anilines is 1. The maximum atomic E-state index is 12.4. The summed E-state index contributed by atoms with van der Waals surface area (Å²) in [7, 11) is 0. The summed E-state index contributed by atoms with van der Waals surface area (Å²) in [4.78, 5) is 42.4. The number of carbonyl (C=O) groups excluding carboxylic acids is 3. The highest BCUT2D eigenvalue weighted by Crippen LogP contribution is 2.33. The number of nitrogens with one attached hydrogen (secondary N) is 1. The third-order valence-electron chi connectivity index (χ3n) is 7.51. The first-order valence-corrected chi connectivity index (χ1v) is 13.1. The standard InChI is InChI=1S/C27H37N5O4/c1-27(2,3)36-26(35)30-13-7-19(8-14-30)17-29-12-9-20(18-29)31-15-10-21-22(31)5-4-6-23(21)32-16-11-24(33)28-25(32)34/h4-6,10,15,19-20H,7-9,11-14,16-18H2,1-3H3,(H,28,33,34)/t20-/m0/s1. The zero-order chi connectivity index (χ0) is 25.4. The maximum absolute atomic E-state index is 12.4. The lowest BCUT2D eigenvalue weighted by Crippen LogP contribution is -2.49. The molecule has 5 rings (SSSR count).